The maximum Gasteiger partial charge on any atom is 0.141 e. The SMILES string of the molecule is CC1(C)C(=O)CC(c2ccccc2)CC1O. The summed E-state index contributed by atoms with van der Waals surface area (Å²) in [6, 6.07) is 9.98. The minimum atomic E-state index is -0.578. The quantitative estimate of drug-likeness (QED) is 0.786. The molecular weight excluding hydrogens is 200 g/mol. The van der Waals surface area contributed by atoms with Gasteiger partial charge >= 0.3 is 0 Å². The van der Waals surface area contributed by atoms with Crippen molar-refractivity contribution in [2.45, 2.75) is 38.7 Å². The lowest BCUT2D eigenvalue weighted by atomic mass is 9.68. The van der Waals surface area contributed by atoms with Crippen molar-refractivity contribution in [2.24, 2.45) is 5.41 Å². The summed E-state index contributed by atoms with van der Waals surface area (Å²) in [5, 5.41) is 10.0. The highest BCUT2D eigenvalue weighted by Crippen LogP contribution is 2.40. The molecule has 2 nitrogen and oxygen atoms in total. The zero-order chi connectivity index (χ0) is 11.8. The standard InChI is InChI=1S/C14H18O2/c1-14(2)12(15)8-11(9-13(14)16)10-6-4-3-5-7-10/h3-7,11-12,15H,8-9H2,1-2H3. The molecule has 1 aliphatic carbocycles. The molecular formula is C14H18O2. The summed E-state index contributed by atoms with van der Waals surface area (Å²) in [7, 11) is 0. The number of Topliss-reactive ketones (excluding diaryl/α,β-unsaturated/α-hetero) is 1. The van der Waals surface area contributed by atoms with Crippen molar-refractivity contribution in [3.63, 3.8) is 0 Å². The maximum absolute atomic E-state index is 11.9. The molecule has 1 saturated carbocycles. The molecule has 0 aliphatic heterocycles. The van der Waals surface area contributed by atoms with Gasteiger partial charge in [0.15, 0.2) is 0 Å². The van der Waals surface area contributed by atoms with Gasteiger partial charge in [0.1, 0.15) is 5.78 Å². The number of rotatable bonds is 1. The van der Waals surface area contributed by atoms with E-state index in [1.165, 1.54) is 0 Å². The molecule has 0 bridgehead atoms. The highest BCUT2D eigenvalue weighted by molar-refractivity contribution is 5.86. The van der Waals surface area contributed by atoms with Crippen LogP contribution in [0, 0.1) is 5.41 Å². The van der Waals surface area contributed by atoms with Crippen LogP contribution >= 0.6 is 0 Å². The first-order chi connectivity index (χ1) is 7.51. The molecule has 1 fully saturated rings. The Morgan fingerprint density at radius 3 is 2.44 bits per heavy atom. The predicted octanol–water partition coefficient (Wildman–Crippen LogP) is 2.52. The molecule has 0 spiro atoms. The Bertz CT molecular complexity index is 381. The molecule has 0 saturated heterocycles. The number of carbonyl (C=O) groups excluding carboxylic acids is 1. The molecule has 1 aromatic carbocycles. The molecule has 86 valence electrons. The van der Waals surface area contributed by atoms with Crippen LogP contribution in [0.15, 0.2) is 30.3 Å². The van der Waals surface area contributed by atoms with Crippen molar-refractivity contribution in [2.75, 3.05) is 0 Å². The van der Waals surface area contributed by atoms with Crippen LogP contribution in [-0.4, -0.2) is 17.0 Å². The zero-order valence-electron chi connectivity index (χ0n) is 9.81. The van der Waals surface area contributed by atoms with Gasteiger partial charge in [0.05, 0.1) is 6.10 Å². The number of aliphatic hydroxyl groups is 1. The van der Waals surface area contributed by atoms with E-state index in [2.05, 4.69) is 0 Å². The minimum absolute atomic E-state index is 0.167. The van der Waals surface area contributed by atoms with E-state index in [-0.39, 0.29) is 11.7 Å². The molecule has 1 aromatic rings. The summed E-state index contributed by atoms with van der Waals surface area (Å²) in [6.45, 7) is 3.67. The molecule has 2 rings (SSSR count). The van der Waals surface area contributed by atoms with E-state index in [0.717, 1.165) is 5.56 Å². The third-order valence-electron chi connectivity index (χ3n) is 3.76. The first kappa shape index (κ1) is 11.3. The molecule has 2 heteroatoms. The number of benzene rings is 1. The lowest BCUT2D eigenvalue weighted by Gasteiger charge is -2.37. The highest BCUT2D eigenvalue weighted by atomic mass is 16.3. The second-order valence-electron chi connectivity index (χ2n) is 5.21. The van der Waals surface area contributed by atoms with E-state index in [4.69, 9.17) is 0 Å². The fourth-order valence-corrected chi connectivity index (χ4v) is 2.30. The van der Waals surface area contributed by atoms with E-state index in [9.17, 15) is 9.90 Å². The minimum Gasteiger partial charge on any atom is -0.392 e. The average Bonchev–Trinajstić information content (AvgIpc) is 2.27. The molecule has 2 unspecified atom stereocenters. The summed E-state index contributed by atoms with van der Waals surface area (Å²) < 4.78 is 0. The van der Waals surface area contributed by atoms with Gasteiger partial charge in [-0.3, -0.25) is 4.79 Å². The summed E-state index contributed by atoms with van der Waals surface area (Å²) in [4.78, 5) is 11.9. The van der Waals surface area contributed by atoms with Gasteiger partial charge in [-0.05, 0) is 17.9 Å². The molecule has 0 amide bonds. The first-order valence-corrected chi connectivity index (χ1v) is 5.78. The number of hydrogen-bond donors (Lipinski definition) is 1. The van der Waals surface area contributed by atoms with Crippen LogP contribution in [0.25, 0.3) is 0 Å². The Balaban J connectivity index is 2.20. The van der Waals surface area contributed by atoms with E-state index < -0.39 is 11.5 Å². The summed E-state index contributed by atoms with van der Waals surface area (Å²) in [6.07, 6.45) is 0.704. The zero-order valence-corrected chi connectivity index (χ0v) is 9.81. The fourth-order valence-electron chi connectivity index (χ4n) is 2.30. The van der Waals surface area contributed by atoms with E-state index in [1.807, 2.05) is 44.2 Å². The van der Waals surface area contributed by atoms with Crippen LogP contribution < -0.4 is 0 Å². The van der Waals surface area contributed by atoms with Crippen molar-refractivity contribution in [1.82, 2.24) is 0 Å². The van der Waals surface area contributed by atoms with E-state index >= 15 is 0 Å². The highest BCUT2D eigenvalue weighted by Gasteiger charge is 2.42. The molecule has 1 aliphatic rings. The van der Waals surface area contributed by atoms with Gasteiger partial charge in [-0.25, -0.2) is 0 Å². The van der Waals surface area contributed by atoms with Crippen LogP contribution in [0.4, 0.5) is 0 Å². The topological polar surface area (TPSA) is 37.3 Å². The lowest BCUT2D eigenvalue weighted by molar-refractivity contribution is -0.137. The Morgan fingerprint density at radius 2 is 1.88 bits per heavy atom. The number of ketones is 1. The van der Waals surface area contributed by atoms with Gasteiger partial charge in [0.2, 0.25) is 0 Å². The predicted molar refractivity (Wildman–Crippen MR) is 63.2 cm³/mol. The summed E-state index contributed by atoms with van der Waals surface area (Å²) in [5.41, 5.74) is 0.580. The Labute approximate surface area is 96.3 Å². The monoisotopic (exact) mass is 218 g/mol. The maximum atomic E-state index is 11.9. The Morgan fingerprint density at radius 1 is 1.25 bits per heavy atom. The number of aliphatic hydroxyl groups excluding tert-OH is 1. The summed E-state index contributed by atoms with van der Waals surface area (Å²) in [5.74, 6) is 0.344. The third kappa shape index (κ3) is 1.90. The molecule has 16 heavy (non-hydrogen) atoms. The third-order valence-corrected chi connectivity index (χ3v) is 3.76. The van der Waals surface area contributed by atoms with Crippen LogP contribution in [0.1, 0.15) is 38.2 Å². The van der Waals surface area contributed by atoms with Crippen molar-refractivity contribution in [3.05, 3.63) is 35.9 Å². The van der Waals surface area contributed by atoms with E-state index in [1.54, 1.807) is 0 Å². The van der Waals surface area contributed by atoms with E-state index in [0.29, 0.717) is 12.8 Å². The van der Waals surface area contributed by atoms with Crippen LogP contribution in [0.5, 0.6) is 0 Å². The van der Waals surface area contributed by atoms with Crippen molar-refractivity contribution >= 4 is 5.78 Å². The second kappa shape index (κ2) is 4.02. The smallest absolute Gasteiger partial charge is 0.141 e. The molecule has 1 N–H and O–H groups in total. The second-order valence-corrected chi connectivity index (χ2v) is 5.21. The lowest BCUT2D eigenvalue weighted by Crippen LogP contribution is -2.43. The van der Waals surface area contributed by atoms with Gasteiger partial charge < -0.3 is 5.11 Å². The van der Waals surface area contributed by atoms with Crippen molar-refractivity contribution in [3.8, 4) is 0 Å². The first-order valence-electron chi connectivity index (χ1n) is 5.78. The number of hydrogen-bond acceptors (Lipinski definition) is 2. The molecule has 0 radical (unpaired) electrons. The van der Waals surface area contributed by atoms with Gasteiger partial charge in [-0.15, -0.1) is 0 Å². The molecule has 0 aromatic heterocycles. The van der Waals surface area contributed by atoms with Gasteiger partial charge in [-0.1, -0.05) is 44.2 Å². The largest absolute Gasteiger partial charge is 0.392 e. The van der Waals surface area contributed by atoms with Crippen LogP contribution in [-0.2, 0) is 4.79 Å². The van der Waals surface area contributed by atoms with Crippen LogP contribution in [0.3, 0.4) is 0 Å². The molecule has 2 atom stereocenters. The van der Waals surface area contributed by atoms with Crippen molar-refractivity contribution in [1.29, 1.82) is 0 Å². The van der Waals surface area contributed by atoms with Gasteiger partial charge in [0.25, 0.3) is 0 Å². The fraction of sp³-hybridized carbons (Fsp3) is 0.500. The number of carbonyl (C=O) groups is 1. The average molecular weight is 218 g/mol. The normalized spacial score (nSPS) is 29.1. The van der Waals surface area contributed by atoms with Gasteiger partial charge in [0, 0.05) is 11.8 Å². The Hall–Kier alpha value is -1.15. The van der Waals surface area contributed by atoms with Gasteiger partial charge in [-0.2, -0.15) is 0 Å². The molecule has 0 heterocycles. The van der Waals surface area contributed by atoms with Crippen LogP contribution in [0.2, 0.25) is 0 Å². The Kier molecular flexibility index (Phi) is 2.85. The summed E-state index contributed by atoms with van der Waals surface area (Å²) >= 11 is 0. The van der Waals surface area contributed by atoms with Crippen molar-refractivity contribution < 1.29 is 9.90 Å².